The van der Waals surface area contributed by atoms with Gasteiger partial charge in [-0.1, -0.05) is 17.7 Å². The number of halogens is 1. The topological polar surface area (TPSA) is 56.5 Å². The summed E-state index contributed by atoms with van der Waals surface area (Å²) in [5.74, 6) is 0.506. The fraction of sp³-hybridized carbons (Fsp3) is 0.0769. The number of aromatic nitrogens is 5. The lowest BCUT2D eigenvalue weighted by Gasteiger charge is -2.02. The molecule has 0 amide bonds. The second-order valence-electron chi connectivity index (χ2n) is 4.02. The monoisotopic (exact) mass is 271 g/mol. The van der Waals surface area contributed by atoms with Gasteiger partial charge in [0.2, 0.25) is 0 Å². The zero-order valence-corrected chi connectivity index (χ0v) is 10.9. The maximum absolute atomic E-state index is 6.05. The summed E-state index contributed by atoms with van der Waals surface area (Å²) in [6, 6.07) is 7.29. The van der Waals surface area contributed by atoms with Crippen LogP contribution in [0.25, 0.3) is 22.8 Å². The van der Waals surface area contributed by atoms with Gasteiger partial charge in [-0.25, -0.2) is 9.97 Å². The molecule has 0 N–H and O–H groups in total. The van der Waals surface area contributed by atoms with Gasteiger partial charge in [-0.2, -0.15) is 5.10 Å². The van der Waals surface area contributed by atoms with Crippen LogP contribution in [0.2, 0.25) is 5.15 Å². The van der Waals surface area contributed by atoms with E-state index < -0.39 is 0 Å². The van der Waals surface area contributed by atoms with Crippen molar-refractivity contribution in [3.05, 3.63) is 48.0 Å². The van der Waals surface area contributed by atoms with Gasteiger partial charge >= 0.3 is 0 Å². The molecule has 19 heavy (non-hydrogen) atoms. The summed E-state index contributed by atoms with van der Waals surface area (Å²) in [6.45, 7) is 0. The van der Waals surface area contributed by atoms with Crippen molar-refractivity contribution >= 4 is 11.6 Å². The van der Waals surface area contributed by atoms with E-state index in [0.717, 1.165) is 11.3 Å². The Balaban J connectivity index is 2.11. The van der Waals surface area contributed by atoms with Gasteiger partial charge in [0.05, 0.1) is 11.9 Å². The van der Waals surface area contributed by atoms with Gasteiger partial charge in [0.1, 0.15) is 10.8 Å². The Morgan fingerprint density at radius 3 is 2.74 bits per heavy atom. The largest absolute Gasteiger partial charge is 0.275 e. The summed E-state index contributed by atoms with van der Waals surface area (Å²) in [6.07, 6.45) is 5.31. The predicted octanol–water partition coefficient (Wildman–Crippen LogP) is 2.59. The van der Waals surface area contributed by atoms with E-state index in [1.165, 1.54) is 0 Å². The minimum absolute atomic E-state index is 0.384. The van der Waals surface area contributed by atoms with Crippen LogP contribution < -0.4 is 0 Å². The van der Waals surface area contributed by atoms with Crippen LogP contribution in [-0.2, 0) is 7.05 Å². The molecule has 0 bridgehead atoms. The van der Waals surface area contributed by atoms with Gasteiger partial charge in [-0.05, 0) is 12.1 Å². The van der Waals surface area contributed by atoms with Crippen molar-refractivity contribution < 1.29 is 0 Å². The number of nitrogens with zero attached hydrogens (tertiary/aromatic N) is 5. The zero-order valence-electron chi connectivity index (χ0n) is 10.2. The lowest BCUT2D eigenvalue weighted by Crippen LogP contribution is -1.94. The Morgan fingerprint density at radius 2 is 2.05 bits per heavy atom. The van der Waals surface area contributed by atoms with Crippen molar-refractivity contribution in [1.82, 2.24) is 24.7 Å². The van der Waals surface area contributed by atoms with Crippen LogP contribution in [0.1, 0.15) is 0 Å². The Hall–Kier alpha value is -2.27. The van der Waals surface area contributed by atoms with Gasteiger partial charge in [0.15, 0.2) is 5.82 Å². The zero-order chi connectivity index (χ0) is 13.2. The molecule has 0 saturated carbocycles. The summed E-state index contributed by atoms with van der Waals surface area (Å²) >= 11 is 6.05. The number of hydrogen-bond acceptors (Lipinski definition) is 4. The summed E-state index contributed by atoms with van der Waals surface area (Å²) in [5, 5.41) is 4.51. The van der Waals surface area contributed by atoms with Gasteiger partial charge in [-0.3, -0.25) is 9.67 Å². The van der Waals surface area contributed by atoms with Crippen molar-refractivity contribution in [3.63, 3.8) is 0 Å². The molecule has 0 radical (unpaired) electrons. The average molecular weight is 272 g/mol. The van der Waals surface area contributed by atoms with Crippen molar-refractivity contribution in [3.8, 4) is 22.8 Å². The van der Waals surface area contributed by atoms with E-state index in [-0.39, 0.29) is 0 Å². The molecule has 94 valence electrons. The van der Waals surface area contributed by atoms with E-state index in [4.69, 9.17) is 11.6 Å². The molecule has 0 unspecified atom stereocenters. The Morgan fingerprint density at radius 1 is 1.16 bits per heavy atom. The van der Waals surface area contributed by atoms with E-state index in [1.807, 2.05) is 31.4 Å². The van der Waals surface area contributed by atoms with Crippen LogP contribution >= 0.6 is 11.6 Å². The lowest BCUT2D eigenvalue weighted by molar-refractivity contribution is 0.768. The molecule has 0 aliphatic carbocycles. The van der Waals surface area contributed by atoms with E-state index in [0.29, 0.717) is 16.7 Å². The molecular formula is C13H10ClN5. The first-order chi connectivity index (χ1) is 9.22. The van der Waals surface area contributed by atoms with Crippen LogP contribution in [0, 0.1) is 0 Å². The molecule has 0 atom stereocenters. The molecule has 3 heterocycles. The SMILES string of the molecule is Cn1cc(-c2cc(Cl)nc(-c3ccccn3)n2)cn1. The standard InChI is InChI=1S/C13H10ClN5/c1-19-8-9(7-16-19)11-6-12(14)18-13(17-11)10-4-2-3-5-15-10/h2-8H,1H3. The first-order valence-corrected chi connectivity index (χ1v) is 6.05. The minimum Gasteiger partial charge on any atom is -0.275 e. The van der Waals surface area contributed by atoms with Gasteiger partial charge in [0, 0.05) is 31.1 Å². The second kappa shape index (κ2) is 4.78. The fourth-order valence-electron chi connectivity index (χ4n) is 1.73. The summed E-state index contributed by atoms with van der Waals surface area (Å²) in [7, 11) is 1.85. The maximum Gasteiger partial charge on any atom is 0.180 e. The molecule has 0 aromatic carbocycles. The van der Waals surface area contributed by atoms with Crippen LogP contribution in [0.3, 0.4) is 0 Å². The van der Waals surface area contributed by atoms with Crippen LogP contribution in [-0.4, -0.2) is 24.7 Å². The third-order valence-electron chi connectivity index (χ3n) is 2.59. The molecular weight excluding hydrogens is 262 g/mol. The summed E-state index contributed by atoms with van der Waals surface area (Å²) in [4.78, 5) is 12.9. The van der Waals surface area contributed by atoms with Gasteiger partial charge in [-0.15, -0.1) is 0 Å². The number of hydrogen-bond donors (Lipinski definition) is 0. The highest BCUT2D eigenvalue weighted by Crippen LogP contribution is 2.22. The van der Waals surface area contributed by atoms with Crippen LogP contribution in [0.4, 0.5) is 0 Å². The summed E-state index contributed by atoms with van der Waals surface area (Å²) in [5.41, 5.74) is 2.31. The Labute approximate surface area is 114 Å². The van der Waals surface area contributed by atoms with Crippen molar-refractivity contribution in [2.75, 3.05) is 0 Å². The molecule has 3 aromatic heterocycles. The number of aryl methyl sites for hydroxylation is 1. The second-order valence-corrected chi connectivity index (χ2v) is 4.40. The van der Waals surface area contributed by atoms with Crippen molar-refractivity contribution in [1.29, 1.82) is 0 Å². The molecule has 0 aliphatic rings. The van der Waals surface area contributed by atoms with Gasteiger partial charge in [0.25, 0.3) is 0 Å². The first kappa shape index (κ1) is 11.8. The molecule has 0 saturated heterocycles. The molecule has 0 aliphatic heterocycles. The third-order valence-corrected chi connectivity index (χ3v) is 2.78. The normalized spacial score (nSPS) is 10.6. The van der Waals surface area contributed by atoms with E-state index >= 15 is 0 Å². The predicted molar refractivity (Wildman–Crippen MR) is 72.5 cm³/mol. The van der Waals surface area contributed by atoms with Crippen molar-refractivity contribution in [2.24, 2.45) is 7.05 Å². The Kier molecular flexibility index (Phi) is 2.97. The van der Waals surface area contributed by atoms with E-state index in [2.05, 4.69) is 20.1 Å². The fourth-order valence-corrected chi connectivity index (χ4v) is 1.91. The average Bonchev–Trinajstić information content (AvgIpc) is 2.86. The molecule has 5 nitrogen and oxygen atoms in total. The van der Waals surface area contributed by atoms with Crippen molar-refractivity contribution in [2.45, 2.75) is 0 Å². The molecule has 3 rings (SSSR count). The van der Waals surface area contributed by atoms with Gasteiger partial charge < -0.3 is 0 Å². The summed E-state index contributed by atoms with van der Waals surface area (Å²) < 4.78 is 1.71. The molecule has 0 fully saturated rings. The molecule has 6 heteroatoms. The highest BCUT2D eigenvalue weighted by Gasteiger charge is 2.09. The first-order valence-electron chi connectivity index (χ1n) is 5.67. The van der Waals surface area contributed by atoms with E-state index in [9.17, 15) is 0 Å². The smallest absolute Gasteiger partial charge is 0.180 e. The lowest BCUT2D eigenvalue weighted by atomic mass is 10.2. The molecule has 3 aromatic rings. The highest BCUT2D eigenvalue weighted by molar-refractivity contribution is 6.29. The van der Waals surface area contributed by atoms with Crippen LogP contribution in [0.5, 0.6) is 0 Å². The van der Waals surface area contributed by atoms with E-state index in [1.54, 1.807) is 23.1 Å². The Bertz CT molecular complexity index is 708. The number of rotatable bonds is 2. The molecule has 0 spiro atoms. The van der Waals surface area contributed by atoms with Crippen LogP contribution in [0.15, 0.2) is 42.9 Å². The quantitative estimate of drug-likeness (QED) is 0.672. The highest BCUT2D eigenvalue weighted by atomic mass is 35.5. The maximum atomic E-state index is 6.05. The number of pyridine rings is 1. The minimum atomic E-state index is 0.384. The third kappa shape index (κ3) is 2.46.